The van der Waals surface area contributed by atoms with Gasteiger partial charge < -0.3 is 10.3 Å². The third-order valence-electron chi connectivity index (χ3n) is 2.95. The van der Waals surface area contributed by atoms with Gasteiger partial charge in [0.05, 0.1) is 17.2 Å². The maximum absolute atomic E-state index is 4.00. The van der Waals surface area contributed by atoms with Crippen molar-refractivity contribution in [1.82, 2.24) is 15.0 Å². The Hall–Kier alpha value is -2.36. The van der Waals surface area contributed by atoms with Crippen LogP contribution < -0.4 is 5.32 Å². The lowest BCUT2D eigenvalue weighted by atomic mass is 10.2. The molecule has 1 aromatic carbocycles. The zero-order chi connectivity index (χ0) is 12.2. The summed E-state index contributed by atoms with van der Waals surface area (Å²) in [4.78, 5) is 10.8. The molecule has 0 radical (unpaired) electrons. The molecule has 0 saturated heterocycles. The molecule has 18 heavy (non-hydrogen) atoms. The summed E-state index contributed by atoms with van der Waals surface area (Å²) in [7, 11) is 0. The Labute approximate surface area is 105 Å². The topological polar surface area (TPSA) is 53.6 Å². The second kappa shape index (κ2) is 4.87. The third kappa shape index (κ3) is 2.18. The summed E-state index contributed by atoms with van der Waals surface area (Å²) in [6, 6.07) is 10.4. The van der Waals surface area contributed by atoms with Gasteiger partial charge in [-0.1, -0.05) is 18.2 Å². The number of aromatic amines is 1. The van der Waals surface area contributed by atoms with Crippen LogP contribution in [0, 0.1) is 0 Å². The summed E-state index contributed by atoms with van der Waals surface area (Å²) in [6.45, 7) is 1.11. The Balaban J connectivity index is 0.000000111. The van der Waals surface area contributed by atoms with Crippen LogP contribution in [0.5, 0.6) is 0 Å². The lowest BCUT2D eigenvalue weighted by molar-refractivity contribution is 1.11. The summed E-state index contributed by atoms with van der Waals surface area (Å²) in [5.74, 6) is 0. The van der Waals surface area contributed by atoms with Gasteiger partial charge in [0.1, 0.15) is 6.33 Å². The van der Waals surface area contributed by atoms with Gasteiger partial charge >= 0.3 is 0 Å². The molecule has 4 heteroatoms. The number of rotatable bonds is 0. The molecule has 2 N–H and O–H groups in total. The van der Waals surface area contributed by atoms with E-state index in [2.05, 4.69) is 44.5 Å². The van der Waals surface area contributed by atoms with Crippen LogP contribution >= 0.6 is 0 Å². The summed E-state index contributed by atoms with van der Waals surface area (Å²) in [6.07, 6.45) is 6.33. The zero-order valence-corrected chi connectivity index (χ0v) is 9.93. The van der Waals surface area contributed by atoms with E-state index in [-0.39, 0.29) is 0 Å². The largest absolute Gasteiger partial charge is 0.384 e. The van der Waals surface area contributed by atoms with Crippen LogP contribution in [0.2, 0.25) is 0 Å². The smallest absolute Gasteiger partial charge is 0.116 e. The number of anilines is 1. The highest BCUT2D eigenvalue weighted by Gasteiger charge is 2.05. The lowest BCUT2D eigenvalue weighted by Crippen LogP contribution is -1.90. The monoisotopic (exact) mass is 238 g/mol. The van der Waals surface area contributed by atoms with Crippen molar-refractivity contribution in [2.24, 2.45) is 0 Å². The summed E-state index contributed by atoms with van der Waals surface area (Å²) < 4.78 is 0. The molecule has 4 nitrogen and oxygen atoms in total. The van der Waals surface area contributed by atoms with Crippen molar-refractivity contribution >= 4 is 16.7 Å². The van der Waals surface area contributed by atoms with Crippen molar-refractivity contribution in [3.63, 3.8) is 0 Å². The van der Waals surface area contributed by atoms with Crippen LogP contribution in [-0.2, 0) is 6.42 Å². The molecule has 3 aromatic rings. The molecule has 0 unspecified atom stereocenters. The Morgan fingerprint density at radius 3 is 2.94 bits per heavy atom. The molecule has 0 atom stereocenters. The fourth-order valence-corrected chi connectivity index (χ4v) is 2.04. The second-order valence-electron chi connectivity index (χ2n) is 4.13. The van der Waals surface area contributed by atoms with Crippen LogP contribution in [-0.4, -0.2) is 21.5 Å². The molecule has 2 aromatic heterocycles. The van der Waals surface area contributed by atoms with E-state index in [0.717, 1.165) is 17.6 Å². The van der Waals surface area contributed by atoms with Crippen molar-refractivity contribution in [2.75, 3.05) is 11.9 Å². The number of benzene rings is 1. The number of fused-ring (bicyclic) bond motifs is 2. The maximum atomic E-state index is 4.00. The number of aromatic nitrogens is 3. The van der Waals surface area contributed by atoms with E-state index in [1.54, 1.807) is 6.20 Å². The van der Waals surface area contributed by atoms with Crippen molar-refractivity contribution < 1.29 is 0 Å². The van der Waals surface area contributed by atoms with E-state index in [0.29, 0.717) is 0 Å². The predicted molar refractivity (Wildman–Crippen MR) is 72.5 cm³/mol. The first kappa shape index (κ1) is 10.8. The van der Waals surface area contributed by atoms with Crippen LogP contribution in [0.4, 0.5) is 5.69 Å². The zero-order valence-electron chi connectivity index (χ0n) is 9.93. The molecule has 0 spiro atoms. The summed E-state index contributed by atoms with van der Waals surface area (Å²) >= 11 is 0. The Morgan fingerprint density at radius 1 is 1.11 bits per heavy atom. The number of H-pyrrole nitrogens is 1. The van der Waals surface area contributed by atoms with Crippen LogP contribution in [0.15, 0.2) is 49.1 Å². The predicted octanol–water partition coefficient (Wildman–Crippen LogP) is 2.61. The van der Waals surface area contributed by atoms with Crippen LogP contribution in [0.1, 0.15) is 5.56 Å². The van der Waals surface area contributed by atoms with Gasteiger partial charge in [0.2, 0.25) is 0 Å². The van der Waals surface area contributed by atoms with E-state index >= 15 is 0 Å². The first-order valence-corrected chi connectivity index (χ1v) is 5.98. The minimum atomic E-state index is 0.963. The summed E-state index contributed by atoms with van der Waals surface area (Å²) in [5, 5.41) is 3.30. The van der Waals surface area contributed by atoms with E-state index in [1.165, 1.54) is 24.0 Å². The van der Waals surface area contributed by atoms with Crippen LogP contribution in [0.25, 0.3) is 11.0 Å². The minimum absolute atomic E-state index is 0.963. The molecule has 1 aliphatic heterocycles. The van der Waals surface area contributed by atoms with Gasteiger partial charge in [0.25, 0.3) is 0 Å². The van der Waals surface area contributed by atoms with E-state index in [4.69, 9.17) is 0 Å². The van der Waals surface area contributed by atoms with Gasteiger partial charge in [0.15, 0.2) is 0 Å². The average Bonchev–Trinajstić information content (AvgIpc) is 3.08. The Morgan fingerprint density at radius 2 is 2.06 bits per heavy atom. The van der Waals surface area contributed by atoms with Gasteiger partial charge in [0, 0.05) is 18.4 Å². The van der Waals surface area contributed by atoms with Gasteiger partial charge in [-0.05, 0) is 24.1 Å². The Bertz CT molecular complexity index is 592. The first-order chi connectivity index (χ1) is 8.93. The van der Waals surface area contributed by atoms with Gasteiger partial charge in [-0.25, -0.2) is 9.97 Å². The van der Waals surface area contributed by atoms with Crippen LogP contribution in [0.3, 0.4) is 0 Å². The number of hydrogen-bond donors (Lipinski definition) is 2. The van der Waals surface area contributed by atoms with Crippen molar-refractivity contribution in [3.8, 4) is 0 Å². The van der Waals surface area contributed by atoms with E-state index < -0.39 is 0 Å². The van der Waals surface area contributed by atoms with Crippen molar-refractivity contribution in [3.05, 3.63) is 54.6 Å². The fraction of sp³-hybridized carbons (Fsp3) is 0.143. The molecule has 0 bridgehead atoms. The maximum Gasteiger partial charge on any atom is 0.116 e. The standard InChI is InChI=1S/C8H9N.C6H5N3/c1-2-4-8-7(3-1)5-6-9-8;1-2-8-6-3-7-4-9-5(1)6/h1-4,9H,5-6H2;1-4,8H. The normalized spacial score (nSPS) is 12.4. The molecule has 0 amide bonds. The van der Waals surface area contributed by atoms with Crippen molar-refractivity contribution in [2.45, 2.75) is 6.42 Å². The van der Waals surface area contributed by atoms with Crippen molar-refractivity contribution in [1.29, 1.82) is 0 Å². The van der Waals surface area contributed by atoms with E-state index in [9.17, 15) is 0 Å². The summed E-state index contributed by atoms with van der Waals surface area (Å²) in [5.41, 5.74) is 4.72. The van der Waals surface area contributed by atoms with Gasteiger partial charge in [-0.15, -0.1) is 0 Å². The molecule has 1 aliphatic rings. The second-order valence-corrected chi connectivity index (χ2v) is 4.13. The molecule has 0 saturated carbocycles. The number of nitrogens with one attached hydrogen (secondary N) is 2. The molecule has 0 fully saturated rings. The highest BCUT2D eigenvalue weighted by Crippen LogP contribution is 2.19. The highest BCUT2D eigenvalue weighted by atomic mass is 14.9. The number of hydrogen-bond acceptors (Lipinski definition) is 3. The third-order valence-corrected chi connectivity index (χ3v) is 2.95. The quantitative estimate of drug-likeness (QED) is 0.633. The molecule has 0 aliphatic carbocycles. The first-order valence-electron chi connectivity index (χ1n) is 5.98. The highest BCUT2D eigenvalue weighted by molar-refractivity contribution is 5.72. The number of nitrogens with zero attached hydrogens (tertiary/aromatic N) is 2. The minimum Gasteiger partial charge on any atom is -0.384 e. The Kier molecular flexibility index (Phi) is 2.92. The van der Waals surface area contributed by atoms with E-state index in [1.807, 2.05) is 12.3 Å². The lowest BCUT2D eigenvalue weighted by Gasteiger charge is -1.94. The molecule has 4 rings (SSSR count). The SMILES string of the molecule is c1ccc2c(c1)CCN2.c1ncc2[nH]ccc2n1. The average molecular weight is 238 g/mol. The fourth-order valence-electron chi connectivity index (χ4n) is 2.04. The van der Waals surface area contributed by atoms with Gasteiger partial charge in [-0.2, -0.15) is 0 Å². The molecular weight excluding hydrogens is 224 g/mol. The van der Waals surface area contributed by atoms with Gasteiger partial charge in [-0.3, -0.25) is 0 Å². The molecule has 90 valence electrons. The number of para-hydroxylation sites is 1. The molecular formula is C14H14N4. The molecule has 3 heterocycles.